The van der Waals surface area contributed by atoms with Crippen LogP contribution in [0.1, 0.15) is 11.1 Å². The number of nitrogens with two attached hydrogens (primary N) is 1. The Kier molecular flexibility index (Phi) is 2.88. The fourth-order valence-corrected chi connectivity index (χ4v) is 1.95. The quantitative estimate of drug-likeness (QED) is 0.797. The van der Waals surface area contributed by atoms with Crippen LogP contribution in [0.4, 0.5) is 5.82 Å². The summed E-state index contributed by atoms with van der Waals surface area (Å²) in [6, 6.07) is 6.27. The average Bonchev–Trinajstić information content (AvgIpc) is 2.60. The number of benzene rings is 1. The van der Waals surface area contributed by atoms with Crippen molar-refractivity contribution in [3.05, 3.63) is 35.7 Å². The van der Waals surface area contributed by atoms with Crippen molar-refractivity contribution in [1.29, 1.82) is 0 Å². The Morgan fingerprint density at radius 3 is 2.53 bits per heavy atom. The zero-order valence-corrected chi connectivity index (χ0v) is 10.1. The largest absolute Gasteiger partial charge is 0.383 e. The molecule has 17 heavy (non-hydrogen) atoms. The van der Waals surface area contributed by atoms with Crippen molar-refractivity contribution in [2.75, 3.05) is 5.73 Å². The Labute approximate surface area is 101 Å². The van der Waals surface area contributed by atoms with Gasteiger partial charge in [-0.1, -0.05) is 23.1 Å². The second-order valence-corrected chi connectivity index (χ2v) is 4.19. The summed E-state index contributed by atoms with van der Waals surface area (Å²) in [6.45, 7) is 4.57. The predicted octanol–water partition coefficient (Wildman–Crippen LogP) is 2.38. The van der Waals surface area contributed by atoms with E-state index in [4.69, 9.17) is 12.2 Å². The summed E-state index contributed by atoms with van der Waals surface area (Å²) in [5.74, 6) is 3.17. The summed E-state index contributed by atoms with van der Waals surface area (Å²) in [5.41, 5.74) is 10.3. The highest BCUT2D eigenvalue weighted by Crippen LogP contribution is 2.26. The number of nitrogens with zero attached hydrogens (tertiary/aromatic N) is 2. The highest BCUT2D eigenvalue weighted by molar-refractivity contribution is 5.71. The van der Waals surface area contributed by atoms with E-state index in [1.165, 1.54) is 11.1 Å². The van der Waals surface area contributed by atoms with Crippen LogP contribution in [-0.2, 0) is 6.54 Å². The molecule has 1 aromatic carbocycles. The molecule has 0 aliphatic carbocycles. The zero-order valence-electron chi connectivity index (χ0n) is 10.1. The molecule has 0 saturated carbocycles. The molecule has 1 aromatic heterocycles. The molecule has 0 unspecified atom stereocenters. The number of hydrogen-bond donors (Lipinski definition) is 1. The third-order valence-electron chi connectivity index (χ3n) is 2.64. The predicted molar refractivity (Wildman–Crippen MR) is 70.4 cm³/mol. The molecular formula is C14H15N3. The fourth-order valence-electron chi connectivity index (χ4n) is 1.95. The second-order valence-electron chi connectivity index (χ2n) is 4.19. The lowest BCUT2D eigenvalue weighted by Crippen LogP contribution is -2.00. The summed E-state index contributed by atoms with van der Waals surface area (Å²) in [5, 5.41) is 0. The molecule has 0 bridgehead atoms. The van der Waals surface area contributed by atoms with Crippen LogP contribution in [0.25, 0.3) is 11.3 Å². The minimum Gasteiger partial charge on any atom is -0.383 e. The summed E-state index contributed by atoms with van der Waals surface area (Å²) < 4.78 is 1.77. The number of aryl methyl sites for hydroxylation is 2. The van der Waals surface area contributed by atoms with Gasteiger partial charge < -0.3 is 10.3 Å². The zero-order chi connectivity index (χ0) is 12.4. The second kappa shape index (κ2) is 4.34. The average molecular weight is 225 g/mol. The SMILES string of the molecule is C#CCn1cnc(-c2cc(C)cc(C)c2)c1N. The summed E-state index contributed by atoms with van der Waals surface area (Å²) in [6.07, 6.45) is 6.95. The third kappa shape index (κ3) is 2.16. The maximum Gasteiger partial charge on any atom is 0.132 e. The van der Waals surface area contributed by atoms with Crippen LogP contribution >= 0.6 is 0 Å². The number of aromatic nitrogens is 2. The van der Waals surface area contributed by atoms with E-state index in [2.05, 4.69) is 43.0 Å². The van der Waals surface area contributed by atoms with Crippen LogP contribution < -0.4 is 5.73 Å². The lowest BCUT2D eigenvalue weighted by molar-refractivity contribution is 0.852. The normalized spacial score (nSPS) is 10.2. The Hall–Kier alpha value is -2.21. The van der Waals surface area contributed by atoms with E-state index in [1.54, 1.807) is 10.9 Å². The molecular weight excluding hydrogens is 210 g/mol. The number of nitrogen functional groups attached to an aromatic ring is 1. The minimum atomic E-state index is 0.448. The molecule has 3 nitrogen and oxygen atoms in total. The van der Waals surface area contributed by atoms with Gasteiger partial charge in [-0.3, -0.25) is 0 Å². The van der Waals surface area contributed by atoms with Crippen molar-refractivity contribution in [2.24, 2.45) is 0 Å². The molecule has 0 fully saturated rings. The summed E-state index contributed by atoms with van der Waals surface area (Å²) in [7, 11) is 0. The maximum absolute atomic E-state index is 6.03. The van der Waals surface area contributed by atoms with Crippen molar-refractivity contribution in [3.8, 4) is 23.6 Å². The standard InChI is InChI=1S/C14H15N3/c1-4-5-17-9-16-13(14(17)15)12-7-10(2)6-11(3)8-12/h1,6-9H,5,15H2,2-3H3. The Balaban J connectivity index is 2.50. The van der Waals surface area contributed by atoms with Crippen molar-refractivity contribution < 1.29 is 0 Å². The minimum absolute atomic E-state index is 0.448. The van der Waals surface area contributed by atoms with Crippen LogP contribution in [0, 0.1) is 26.2 Å². The first kappa shape index (κ1) is 11.3. The van der Waals surface area contributed by atoms with E-state index in [1.807, 2.05) is 0 Å². The highest BCUT2D eigenvalue weighted by Gasteiger charge is 2.09. The van der Waals surface area contributed by atoms with E-state index in [-0.39, 0.29) is 0 Å². The van der Waals surface area contributed by atoms with Gasteiger partial charge in [-0.25, -0.2) is 4.98 Å². The molecule has 2 aromatic rings. The molecule has 0 radical (unpaired) electrons. The van der Waals surface area contributed by atoms with Gasteiger partial charge in [0.1, 0.15) is 11.5 Å². The van der Waals surface area contributed by atoms with Crippen LogP contribution in [0.5, 0.6) is 0 Å². The summed E-state index contributed by atoms with van der Waals surface area (Å²) >= 11 is 0. The fraction of sp³-hybridized carbons (Fsp3) is 0.214. The van der Waals surface area contributed by atoms with Gasteiger partial charge in [-0.2, -0.15) is 0 Å². The molecule has 1 heterocycles. The maximum atomic E-state index is 6.03. The number of rotatable bonds is 2. The number of hydrogen-bond acceptors (Lipinski definition) is 2. The molecule has 0 aliphatic rings. The molecule has 3 heteroatoms. The van der Waals surface area contributed by atoms with Gasteiger partial charge >= 0.3 is 0 Å². The topological polar surface area (TPSA) is 43.8 Å². The first-order valence-corrected chi connectivity index (χ1v) is 5.44. The molecule has 0 atom stereocenters. The highest BCUT2D eigenvalue weighted by atomic mass is 15.1. The number of anilines is 1. The lowest BCUT2D eigenvalue weighted by atomic mass is 10.1. The molecule has 0 spiro atoms. The Morgan fingerprint density at radius 2 is 1.94 bits per heavy atom. The monoisotopic (exact) mass is 225 g/mol. The summed E-state index contributed by atoms with van der Waals surface area (Å²) in [4.78, 5) is 4.33. The van der Waals surface area contributed by atoms with Crippen LogP contribution in [0.15, 0.2) is 24.5 Å². The van der Waals surface area contributed by atoms with Crippen molar-refractivity contribution >= 4 is 5.82 Å². The molecule has 0 amide bonds. The molecule has 2 N–H and O–H groups in total. The first-order valence-electron chi connectivity index (χ1n) is 5.44. The van der Waals surface area contributed by atoms with E-state index in [0.717, 1.165) is 11.3 Å². The lowest BCUT2D eigenvalue weighted by Gasteiger charge is -2.04. The van der Waals surface area contributed by atoms with E-state index < -0.39 is 0 Å². The van der Waals surface area contributed by atoms with Crippen LogP contribution in [0.3, 0.4) is 0 Å². The molecule has 0 saturated heterocycles. The van der Waals surface area contributed by atoms with Crippen molar-refractivity contribution in [2.45, 2.75) is 20.4 Å². The Bertz CT molecular complexity index is 568. The van der Waals surface area contributed by atoms with E-state index in [9.17, 15) is 0 Å². The molecule has 0 aliphatic heterocycles. The van der Waals surface area contributed by atoms with Crippen LogP contribution in [0.2, 0.25) is 0 Å². The van der Waals surface area contributed by atoms with Gasteiger partial charge in [-0.05, 0) is 26.0 Å². The van der Waals surface area contributed by atoms with E-state index in [0.29, 0.717) is 12.4 Å². The van der Waals surface area contributed by atoms with Crippen molar-refractivity contribution in [3.63, 3.8) is 0 Å². The number of imidazole rings is 1. The molecule has 86 valence electrons. The van der Waals surface area contributed by atoms with Gasteiger partial charge in [0.15, 0.2) is 0 Å². The smallest absolute Gasteiger partial charge is 0.132 e. The Morgan fingerprint density at radius 1 is 1.29 bits per heavy atom. The molecule has 2 rings (SSSR count). The number of terminal acetylenes is 1. The van der Waals surface area contributed by atoms with Gasteiger partial charge in [-0.15, -0.1) is 6.42 Å². The van der Waals surface area contributed by atoms with Gasteiger partial charge in [0.2, 0.25) is 0 Å². The van der Waals surface area contributed by atoms with Gasteiger partial charge in [0.05, 0.1) is 12.9 Å². The first-order chi connectivity index (χ1) is 8.11. The van der Waals surface area contributed by atoms with Crippen molar-refractivity contribution in [1.82, 2.24) is 9.55 Å². The third-order valence-corrected chi connectivity index (χ3v) is 2.64. The van der Waals surface area contributed by atoms with Gasteiger partial charge in [0, 0.05) is 5.56 Å². The van der Waals surface area contributed by atoms with Crippen LogP contribution in [-0.4, -0.2) is 9.55 Å². The van der Waals surface area contributed by atoms with Gasteiger partial charge in [0.25, 0.3) is 0 Å². The van der Waals surface area contributed by atoms with E-state index >= 15 is 0 Å².